The maximum Gasteiger partial charge on any atom is 0.320 e. The van der Waals surface area contributed by atoms with Crippen molar-refractivity contribution < 1.29 is 9.90 Å². The highest BCUT2D eigenvalue weighted by Gasteiger charge is 2.52. The van der Waals surface area contributed by atoms with Gasteiger partial charge in [0.1, 0.15) is 6.04 Å². The highest BCUT2D eigenvalue weighted by Crippen LogP contribution is 2.46. The van der Waals surface area contributed by atoms with Crippen molar-refractivity contribution >= 4 is 5.97 Å². The van der Waals surface area contributed by atoms with E-state index < -0.39 is 5.97 Å². The second-order valence-electron chi connectivity index (χ2n) is 3.32. The average molecular weight is 141 g/mol. The zero-order valence-corrected chi connectivity index (χ0v) is 5.95. The van der Waals surface area contributed by atoms with E-state index in [0.29, 0.717) is 12.0 Å². The van der Waals surface area contributed by atoms with Gasteiger partial charge in [-0.1, -0.05) is 0 Å². The van der Waals surface area contributed by atoms with Crippen LogP contribution in [0.4, 0.5) is 0 Å². The van der Waals surface area contributed by atoms with Crippen LogP contribution in [0.25, 0.3) is 0 Å². The van der Waals surface area contributed by atoms with Gasteiger partial charge in [0.25, 0.3) is 0 Å². The van der Waals surface area contributed by atoms with E-state index >= 15 is 0 Å². The minimum Gasteiger partial charge on any atom is -0.480 e. The molecule has 0 unspecified atom stereocenters. The summed E-state index contributed by atoms with van der Waals surface area (Å²) in [7, 11) is 1.91. The van der Waals surface area contributed by atoms with Gasteiger partial charge >= 0.3 is 5.97 Å². The van der Waals surface area contributed by atoms with Crippen molar-refractivity contribution in [2.24, 2.45) is 5.92 Å². The van der Waals surface area contributed by atoms with Crippen LogP contribution in [0.15, 0.2) is 0 Å². The number of rotatable bonds is 1. The lowest BCUT2D eigenvalue weighted by Gasteiger charge is -2.17. The molecule has 1 aliphatic carbocycles. The second-order valence-corrected chi connectivity index (χ2v) is 3.32. The molecule has 0 spiro atoms. The van der Waals surface area contributed by atoms with E-state index in [0.717, 1.165) is 6.42 Å². The van der Waals surface area contributed by atoms with Crippen molar-refractivity contribution in [2.45, 2.75) is 24.9 Å². The third kappa shape index (κ3) is 0.669. The maximum absolute atomic E-state index is 10.5. The van der Waals surface area contributed by atoms with Gasteiger partial charge in [-0.3, -0.25) is 9.69 Å². The van der Waals surface area contributed by atoms with Crippen molar-refractivity contribution in [2.75, 3.05) is 7.05 Å². The monoisotopic (exact) mass is 141 g/mol. The molecule has 1 saturated heterocycles. The molecule has 0 aromatic heterocycles. The summed E-state index contributed by atoms with van der Waals surface area (Å²) in [5, 5.41) is 8.68. The molecule has 2 aliphatic rings. The summed E-state index contributed by atoms with van der Waals surface area (Å²) >= 11 is 0. The number of carbonyl (C=O) groups is 1. The van der Waals surface area contributed by atoms with Crippen LogP contribution in [-0.4, -0.2) is 35.1 Å². The molecule has 1 N–H and O–H groups in total. The Balaban J connectivity index is 2.07. The molecule has 0 aromatic rings. The SMILES string of the molecule is CN1[C@@H]2C[C@@H]2C[C@H]1C(=O)O. The number of likely N-dealkylation sites (tertiary alicyclic amines) is 1. The van der Waals surface area contributed by atoms with E-state index in [4.69, 9.17) is 5.11 Å². The Morgan fingerprint density at radius 1 is 1.60 bits per heavy atom. The van der Waals surface area contributed by atoms with Crippen LogP contribution in [0.5, 0.6) is 0 Å². The van der Waals surface area contributed by atoms with Crippen LogP contribution >= 0.6 is 0 Å². The van der Waals surface area contributed by atoms with E-state index in [1.165, 1.54) is 6.42 Å². The first-order valence-electron chi connectivity index (χ1n) is 3.65. The molecule has 2 fully saturated rings. The average Bonchev–Trinajstić information content (AvgIpc) is 2.54. The molecule has 3 heteroatoms. The molecule has 0 aromatic carbocycles. The van der Waals surface area contributed by atoms with Crippen LogP contribution in [0.3, 0.4) is 0 Å². The second kappa shape index (κ2) is 1.72. The van der Waals surface area contributed by atoms with Crippen LogP contribution in [0.1, 0.15) is 12.8 Å². The van der Waals surface area contributed by atoms with Crippen molar-refractivity contribution in [1.29, 1.82) is 0 Å². The molecule has 56 valence electrons. The lowest BCUT2D eigenvalue weighted by Crippen LogP contribution is -2.35. The number of carboxylic acids is 1. The highest BCUT2D eigenvalue weighted by molar-refractivity contribution is 5.74. The molecule has 3 nitrogen and oxygen atoms in total. The number of piperidine rings is 1. The van der Waals surface area contributed by atoms with Crippen LogP contribution < -0.4 is 0 Å². The lowest BCUT2D eigenvalue weighted by molar-refractivity contribution is -0.142. The molecule has 1 aliphatic heterocycles. The zero-order valence-electron chi connectivity index (χ0n) is 5.95. The number of nitrogens with zero attached hydrogens (tertiary/aromatic N) is 1. The Morgan fingerprint density at radius 3 is 2.60 bits per heavy atom. The summed E-state index contributed by atoms with van der Waals surface area (Å²) in [4.78, 5) is 12.5. The Bertz CT molecular complexity index is 180. The fourth-order valence-corrected chi connectivity index (χ4v) is 1.94. The minimum atomic E-state index is -0.658. The standard InChI is InChI=1S/C7H11NO2/c1-8-5-2-4(5)3-6(8)7(9)10/h4-6H,2-3H2,1H3,(H,9,10)/t4-,5-,6+/m1/s1. The normalized spacial score (nSPS) is 45.1. The minimum absolute atomic E-state index is 0.191. The topological polar surface area (TPSA) is 40.5 Å². The van der Waals surface area contributed by atoms with Crippen molar-refractivity contribution in [3.63, 3.8) is 0 Å². The number of carboxylic acid groups (broad SMARTS) is 1. The number of aliphatic carboxylic acids is 1. The summed E-state index contributed by atoms with van der Waals surface area (Å²) < 4.78 is 0. The van der Waals surface area contributed by atoms with Gasteiger partial charge in [-0.05, 0) is 25.8 Å². The molecule has 1 heterocycles. The number of hydrogen-bond acceptors (Lipinski definition) is 2. The zero-order chi connectivity index (χ0) is 7.30. The van der Waals surface area contributed by atoms with Crippen molar-refractivity contribution in [1.82, 2.24) is 4.90 Å². The van der Waals surface area contributed by atoms with E-state index in [1.54, 1.807) is 0 Å². The lowest BCUT2D eigenvalue weighted by atomic mass is 10.2. The summed E-state index contributed by atoms with van der Waals surface area (Å²) in [5.41, 5.74) is 0. The first-order chi connectivity index (χ1) is 4.70. The van der Waals surface area contributed by atoms with Gasteiger partial charge in [0.15, 0.2) is 0 Å². The molecule has 0 radical (unpaired) electrons. The molecule has 2 rings (SSSR count). The molecular formula is C7H11NO2. The van der Waals surface area contributed by atoms with Gasteiger partial charge in [-0.2, -0.15) is 0 Å². The predicted octanol–water partition coefficient (Wildman–Crippen LogP) is 0.164. The maximum atomic E-state index is 10.5. The van der Waals surface area contributed by atoms with Gasteiger partial charge in [-0.15, -0.1) is 0 Å². The molecule has 1 saturated carbocycles. The highest BCUT2D eigenvalue weighted by atomic mass is 16.4. The third-order valence-corrected chi connectivity index (χ3v) is 2.71. The van der Waals surface area contributed by atoms with Crippen LogP contribution in [0, 0.1) is 5.92 Å². The first-order valence-corrected chi connectivity index (χ1v) is 3.65. The van der Waals surface area contributed by atoms with Gasteiger partial charge in [0.05, 0.1) is 0 Å². The van der Waals surface area contributed by atoms with Gasteiger partial charge in [0.2, 0.25) is 0 Å². The van der Waals surface area contributed by atoms with Gasteiger partial charge in [-0.25, -0.2) is 0 Å². The molecule has 10 heavy (non-hydrogen) atoms. The van der Waals surface area contributed by atoms with E-state index in [9.17, 15) is 4.79 Å². The summed E-state index contributed by atoms with van der Waals surface area (Å²) in [6.45, 7) is 0. The third-order valence-electron chi connectivity index (χ3n) is 2.71. The van der Waals surface area contributed by atoms with Crippen LogP contribution in [-0.2, 0) is 4.79 Å². The summed E-state index contributed by atoms with van der Waals surface area (Å²) in [5.74, 6) is 0.0424. The van der Waals surface area contributed by atoms with Crippen LogP contribution in [0.2, 0.25) is 0 Å². The number of fused-ring (bicyclic) bond motifs is 1. The smallest absolute Gasteiger partial charge is 0.320 e. The first kappa shape index (κ1) is 6.16. The molecule has 3 atom stereocenters. The fourth-order valence-electron chi connectivity index (χ4n) is 1.94. The summed E-state index contributed by atoms with van der Waals surface area (Å²) in [6.07, 6.45) is 2.09. The van der Waals surface area contributed by atoms with Crippen molar-refractivity contribution in [3.05, 3.63) is 0 Å². The van der Waals surface area contributed by atoms with Gasteiger partial charge < -0.3 is 5.11 Å². The fraction of sp³-hybridized carbons (Fsp3) is 0.857. The largest absolute Gasteiger partial charge is 0.480 e. The van der Waals surface area contributed by atoms with E-state index in [2.05, 4.69) is 0 Å². The van der Waals surface area contributed by atoms with E-state index in [-0.39, 0.29) is 6.04 Å². The Hall–Kier alpha value is -0.570. The Kier molecular flexibility index (Phi) is 1.06. The van der Waals surface area contributed by atoms with Gasteiger partial charge in [0, 0.05) is 6.04 Å². The van der Waals surface area contributed by atoms with Crippen molar-refractivity contribution in [3.8, 4) is 0 Å². The predicted molar refractivity (Wildman–Crippen MR) is 35.7 cm³/mol. The molecular weight excluding hydrogens is 130 g/mol. The quantitative estimate of drug-likeness (QED) is 0.565. The molecule has 0 amide bonds. The number of hydrogen-bond donors (Lipinski definition) is 1. The Labute approximate surface area is 59.6 Å². The summed E-state index contributed by atoms with van der Waals surface area (Å²) in [6, 6.07) is 0.407. The Morgan fingerprint density at radius 2 is 2.30 bits per heavy atom. The number of likely N-dealkylation sites (N-methyl/N-ethyl adjacent to an activating group) is 1. The van der Waals surface area contributed by atoms with E-state index in [1.807, 2.05) is 11.9 Å². The molecule has 0 bridgehead atoms.